The van der Waals surface area contributed by atoms with Gasteiger partial charge in [0.15, 0.2) is 0 Å². The van der Waals surface area contributed by atoms with Crippen LogP contribution in [-0.2, 0) is 6.42 Å². The van der Waals surface area contributed by atoms with E-state index in [4.69, 9.17) is 11.6 Å². The fraction of sp³-hybridized carbons (Fsp3) is 0.0769. The van der Waals surface area contributed by atoms with Crippen molar-refractivity contribution >= 4 is 22.4 Å². The minimum atomic E-state index is 0.820. The Bertz CT molecular complexity index is 472. The molecule has 2 aromatic rings. The van der Waals surface area contributed by atoms with E-state index in [9.17, 15) is 0 Å². The van der Waals surface area contributed by atoms with Gasteiger partial charge in [0.1, 0.15) is 0 Å². The maximum absolute atomic E-state index is 6.13. The van der Waals surface area contributed by atoms with Crippen molar-refractivity contribution in [2.24, 2.45) is 0 Å². The Labute approximate surface area is 88.8 Å². The van der Waals surface area contributed by atoms with Crippen LogP contribution in [0.2, 0.25) is 5.02 Å². The largest absolute Gasteiger partial charge is 0.103 e. The molecule has 0 radical (unpaired) electrons. The third kappa shape index (κ3) is 1.53. The second-order valence-electron chi connectivity index (χ2n) is 3.24. The molecule has 0 aliphatic heterocycles. The zero-order valence-corrected chi connectivity index (χ0v) is 8.59. The van der Waals surface area contributed by atoms with Crippen molar-refractivity contribution in [3.63, 3.8) is 0 Å². The summed E-state index contributed by atoms with van der Waals surface area (Å²) in [5.74, 6) is 0. The van der Waals surface area contributed by atoms with Crippen molar-refractivity contribution < 1.29 is 0 Å². The monoisotopic (exact) mass is 202 g/mol. The molecule has 0 aliphatic rings. The third-order valence-corrected chi connectivity index (χ3v) is 2.69. The summed E-state index contributed by atoms with van der Waals surface area (Å²) >= 11 is 6.13. The molecule has 0 aromatic heterocycles. The van der Waals surface area contributed by atoms with Crippen molar-refractivity contribution in [2.45, 2.75) is 6.42 Å². The van der Waals surface area contributed by atoms with E-state index in [2.05, 4.69) is 18.7 Å². The molecule has 0 aliphatic carbocycles. The van der Waals surface area contributed by atoms with Gasteiger partial charge in [-0.1, -0.05) is 48.0 Å². The predicted molar refractivity (Wildman–Crippen MR) is 62.9 cm³/mol. The average molecular weight is 203 g/mol. The molecule has 0 saturated heterocycles. The van der Waals surface area contributed by atoms with Gasteiger partial charge in [-0.15, -0.1) is 6.58 Å². The zero-order chi connectivity index (χ0) is 9.97. The van der Waals surface area contributed by atoms with E-state index in [0.29, 0.717) is 0 Å². The Hall–Kier alpha value is -1.27. The Morgan fingerprint density at radius 2 is 1.93 bits per heavy atom. The summed E-state index contributed by atoms with van der Waals surface area (Å²) in [5, 5.41) is 3.28. The van der Waals surface area contributed by atoms with Crippen LogP contribution in [-0.4, -0.2) is 0 Å². The van der Waals surface area contributed by atoms with Gasteiger partial charge >= 0.3 is 0 Å². The van der Waals surface area contributed by atoms with E-state index < -0.39 is 0 Å². The van der Waals surface area contributed by atoms with Gasteiger partial charge in [0.25, 0.3) is 0 Å². The van der Waals surface area contributed by atoms with E-state index in [-0.39, 0.29) is 0 Å². The first-order valence-corrected chi connectivity index (χ1v) is 4.98. The second kappa shape index (κ2) is 3.85. The second-order valence-corrected chi connectivity index (χ2v) is 3.65. The van der Waals surface area contributed by atoms with Crippen molar-refractivity contribution in [1.82, 2.24) is 0 Å². The molecule has 0 N–H and O–H groups in total. The molecule has 0 amide bonds. The van der Waals surface area contributed by atoms with Crippen LogP contribution in [0.1, 0.15) is 5.56 Å². The van der Waals surface area contributed by atoms with Crippen molar-refractivity contribution in [1.29, 1.82) is 0 Å². The molecule has 14 heavy (non-hydrogen) atoms. The normalized spacial score (nSPS) is 10.4. The lowest BCUT2D eigenvalue weighted by Gasteiger charge is -2.06. The highest BCUT2D eigenvalue weighted by atomic mass is 35.5. The Kier molecular flexibility index (Phi) is 2.55. The van der Waals surface area contributed by atoms with Gasteiger partial charge in [-0.3, -0.25) is 0 Å². The van der Waals surface area contributed by atoms with Crippen LogP contribution in [0.4, 0.5) is 0 Å². The number of benzene rings is 2. The van der Waals surface area contributed by atoms with Crippen LogP contribution in [0.15, 0.2) is 49.1 Å². The molecular weight excluding hydrogens is 192 g/mol. The molecule has 2 aromatic carbocycles. The Morgan fingerprint density at radius 1 is 1.14 bits per heavy atom. The van der Waals surface area contributed by atoms with Gasteiger partial charge in [-0.2, -0.15) is 0 Å². The molecule has 1 heteroatoms. The number of allylic oxidation sites excluding steroid dienone is 1. The lowest BCUT2D eigenvalue weighted by atomic mass is 10.0. The van der Waals surface area contributed by atoms with Gasteiger partial charge in [-0.25, -0.2) is 0 Å². The quantitative estimate of drug-likeness (QED) is 0.640. The molecule has 0 bridgehead atoms. The molecule has 0 saturated carbocycles. The van der Waals surface area contributed by atoms with Crippen LogP contribution in [0.25, 0.3) is 10.8 Å². The third-order valence-electron chi connectivity index (χ3n) is 2.33. The van der Waals surface area contributed by atoms with E-state index in [0.717, 1.165) is 11.4 Å². The predicted octanol–water partition coefficient (Wildman–Crippen LogP) is 4.22. The van der Waals surface area contributed by atoms with Crippen molar-refractivity contribution in [3.8, 4) is 0 Å². The standard InChI is InChI=1S/C13H11Cl/c1-2-5-12-11-7-4-3-6-10(11)8-9-13(12)14/h2-4,6-9H,1,5H2. The molecule has 0 nitrogen and oxygen atoms in total. The zero-order valence-electron chi connectivity index (χ0n) is 7.83. The summed E-state index contributed by atoms with van der Waals surface area (Å²) in [6, 6.07) is 12.3. The molecule has 0 heterocycles. The van der Waals surface area contributed by atoms with E-state index in [1.807, 2.05) is 30.3 Å². The minimum absolute atomic E-state index is 0.820. The molecule has 0 atom stereocenters. The van der Waals surface area contributed by atoms with Crippen LogP contribution in [0, 0.1) is 0 Å². The first-order chi connectivity index (χ1) is 6.83. The summed E-state index contributed by atoms with van der Waals surface area (Å²) in [6.07, 6.45) is 2.70. The van der Waals surface area contributed by atoms with Crippen molar-refractivity contribution in [3.05, 3.63) is 59.6 Å². The Balaban J connectivity index is 2.75. The van der Waals surface area contributed by atoms with Crippen LogP contribution < -0.4 is 0 Å². The number of hydrogen-bond acceptors (Lipinski definition) is 0. The van der Waals surface area contributed by atoms with Gasteiger partial charge < -0.3 is 0 Å². The molecule has 2 rings (SSSR count). The van der Waals surface area contributed by atoms with Gasteiger partial charge in [0.05, 0.1) is 0 Å². The summed E-state index contributed by atoms with van der Waals surface area (Å²) in [4.78, 5) is 0. The molecule has 0 spiro atoms. The number of rotatable bonds is 2. The smallest absolute Gasteiger partial charge is 0.0447 e. The van der Waals surface area contributed by atoms with Gasteiger partial charge in [0, 0.05) is 5.02 Å². The Morgan fingerprint density at radius 3 is 2.71 bits per heavy atom. The SMILES string of the molecule is C=CCc1c(Cl)ccc2ccccc12. The minimum Gasteiger partial charge on any atom is -0.103 e. The summed E-state index contributed by atoms with van der Waals surface area (Å²) in [6.45, 7) is 3.75. The molecule has 0 unspecified atom stereocenters. The van der Waals surface area contributed by atoms with E-state index >= 15 is 0 Å². The van der Waals surface area contributed by atoms with E-state index in [1.54, 1.807) is 0 Å². The molecule has 70 valence electrons. The first-order valence-electron chi connectivity index (χ1n) is 4.60. The highest BCUT2D eigenvalue weighted by molar-refractivity contribution is 6.32. The first kappa shape index (κ1) is 9.29. The highest BCUT2D eigenvalue weighted by Gasteiger charge is 2.03. The number of halogens is 1. The summed E-state index contributed by atoms with van der Waals surface area (Å²) < 4.78 is 0. The van der Waals surface area contributed by atoms with Gasteiger partial charge in [0.2, 0.25) is 0 Å². The van der Waals surface area contributed by atoms with Crippen LogP contribution >= 0.6 is 11.6 Å². The highest BCUT2D eigenvalue weighted by Crippen LogP contribution is 2.26. The fourth-order valence-electron chi connectivity index (χ4n) is 1.66. The topological polar surface area (TPSA) is 0 Å². The van der Waals surface area contributed by atoms with Crippen LogP contribution in [0.3, 0.4) is 0 Å². The summed E-state index contributed by atoms with van der Waals surface area (Å²) in [5.41, 5.74) is 1.17. The van der Waals surface area contributed by atoms with Crippen molar-refractivity contribution in [2.75, 3.05) is 0 Å². The fourth-order valence-corrected chi connectivity index (χ4v) is 1.90. The maximum Gasteiger partial charge on any atom is 0.0447 e. The maximum atomic E-state index is 6.13. The molecule has 0 fully saturated rings. The summed E-state index contributed by atoms with van der Waals surface area (Å²) in [7, 11) is 0. The van der Waals surface area contributed by atoms with E-state index in [1.165, 1.54) is 16.3 Å². The lowest BCUT2D eigenvalue weighted by molar-refractivity contribution is 1.31. The number of hydrogen-bond donors (Lipinski definition) is 0. The number of fused-ring (bicyclic) bond motifs is 1. The van der Waals surface area contributed by atoms with Gasteiger partial charge in [-0.05, 0) is 28.8 Å². The lowest BCUT2D eigenvalue weighted by Crippen LogP contribution is -1.85. The average Bonchev–Trinajstić information content (AvgIpc) is 2.23. The van der Waals surface area contributed by atoms with Crippen LogP contribution in [0.5, 0.6) is 0 Å². The molecular formula is C13H11Cl.